The molecule has 55 heavy (non-hydrogen) atoms. The summed E-state index contributed by atoms with van der Waals surface area (Å²) in [5, 5.41) is 11.4. The van der Waals surface area contributed by atoms with Gasteiger partial charge in [-0.1, -0.05) is 158 Å². The lowest BCUT2D eigenvalue weighted by molar-refractivity contribution is 1.29. The van der Waals surface area contributed by atoms with Crippen molar-refractivity contribution < 1.29 is 0 Å². The molecule has 0 fully saturated rings. The summed E-state index contributed by atoms with van der Waals surface area (Å²) in [4.78, 5) is 3.64. The number of hydrogen-bond acceptors (Lipinski definition) is 2. The van der Waals surface area contributed by atoms with Gasteiger partial charge in [-0.25, -0.2) is 0 Å². The van der Waals surface area contributed by atoms with Gasteiger partial charge in [0.15, 0.2) is 0 Å². The highest BCUT2D eigenvalue weighted by molar-refractivity contribution is 7.18. The molecule has 9 aromatic carbocycles. The van der Waals surface area contributed by atoms with Gasteiger partial charge >= 0.3 is 0 Å². The number of fused-ring (bicyclic) bond motifs is 7. The molecule has 0 unspecified atom stereocenters. The molecular formula is C53H37NS. The maximum Gasteiger partial charge on any atom is 0.0476 e. The maximum atomic E-state index is 2.39. The summed E-state index contributed by atoms with van der Waals surface area (Å²) < 4.78 is 1.23. The van der Waals surface area contributed by atoms with E-state index in [1.165, 1.54) is 80.3 Å². The van der Waals surface area contributed by atoms with Gasteiger partial charge in [0, 0.05) is 26.6 Å². The monoisotopic (exact) mass is 719 g/mol. The van der Waals surface area contributed by atoms with Crippen molar-refractivity contribution in [2.75, 3.05) is 4.90 Å². The lowest BCUT2D eigenvalue weighted by Gasteiger charge is -2.26. The van der Waals surface area contributed by atoms with Gasteiger partial charge in [0.05, 0.1) is 0 Å². The van der Waals surface area contributed by atoms with E-state index in [1.807, 2.05) is 11.3 Å². The van der Waals surface area contributed by atoms with E-state index in [4.69, 9.17) is 0 Å². The zero-order valence-corrected chi connectivity index (χ0v) is 31.3. The van der Waals surface area contributed by atoms with E-state index in [1.54, 1.807) is 0 Å². The Bertz CT molecular complexity index is 3090. The van der Waals surface area contributed by atoms with Gasteiger partial charge in [-0.2, -0.15) is 0 Å². The summed E-state index contributed by atoms with van der Waals surface area (Å²) in [6, 6.07) is 75.4. The number of hydrogen-bond donors (Lipinski definition) is 0. The van der Waals surface area contributed by atoms with Gasteiger partial charge in [0.2, 0.25) is 0 Å². The third-order valence-corrected chi connectivity index (χ3v) is 11.8. The van der Waals surface area contributed by atoms with Crippen molar-refractivity contribution in [1.29, 1.82) is 0 Å². The minimum atomic E-state index is 1.11. The molecule has 0 aliphatic carbocycles. The van der Waals surface area contributed by atoms with E-state index in [2.05, 4.69) is 218 Å². The highest BCUT2D eigenvalue weighted by atomic mass is 32.1. The first-order chi connectivity index (χ1) is 27.2. The largest absolute Gasteiger partial charge is 0.310 e. The normalized spacial score (nSPS) is 11.4. The van der Waals surface area contributed by atoms with Crippen LogP contribution in [0.25, 0.3) is 75.4 Å². The molecule has 0 bridgehead atoms. The molecule has 0 spiro atoms. The summed E-state index contributed by atoms with van der Waals surface area (Å²) in [6.45, 7) is 2.18. The summed E-state index contributed by atoms with van der Waals surface area (Å²) in [5.74, 6) is 0. The van der Waals surface area contributed by atoms with Gasteiger partial charge in [0.25, 0.3) is 0 Å². The van der Waals surface area contributed by atoms with E-state index >= 15 is 0 Å². The molecule has 0 saturated heterocycles. The van der Waals surface area contributed by atoms with Crippen molar-refractivity contribution in [3.05, 3.63) is 211 Å². The topological polar surface area (TPSA) is 3.24 Å². The Labute approximate surface area is 325 Å². The van der Waals surface area contributed by atoms with Crippen LogP contribution in [-0.4, -0.2) is 0 Å². The van der Waals surface area contributed by atoms with E-state index in [9.17, 15) is 0 Å². The Hall–Kier alpha value is -6.74. The zero-order valence-electron chi connectivity index (χ0n) is 30.5. The van der Waals surface area contributed by atoms with Crippen LogP contribution in [0.4, 0.5) is 17.1 Å². The molecule has 10 rings (SSSR count). The number of rotatable bonds is 5. The van der Waals surface area contributed by atoms with E-state index in [-0.39, 0.29) is 0 Å². The molecule has 0 N–H and O–H groups in total. The van der Waals surface area contributed by atoms with Gasteiger partial charge < -0.3 is 4.90 Å². The van der Waals surface area contributed by atoms with Crippen molar-refractivity contribution in [3.8, 4) is 22.3 Å². The molecule has 0 atom stereocenters. The number of anilines is 3. The third-order valence-electron chi connectivity index (χ3n) is 10.8. The van der Waals surface area contributed by atoms with Gasteiger partial charge in [-0.3, -0.25) is 0 Å². The van der Waals surface area contributed by atoms with Crippen LogP contribution in [0.15, 0.2) is 206 Å². The first-order valence-corrected chi connectivity index (χ1v) is 19.7. The maximum absolute atomic E-state index is 2.39. The summed E-state index contributed by atoms with van der Waals surface area (Å²) in [5.41, 5.74) is 8.23. The fourth-order valence-electron chi connectivity index (χ4n) is 8.12. The van der Waals surface area contributed by atoms with Crippen LogP contribution in [0.5, 0.6) is 0 Å². The van der Waals surface area contributed by atoms with Gasteiger partial charge in [-0.15, -0.1) is 11.3 Å². The molecule has 0 saturated carbocycles. The zero-order chi connectivity index (χ0) is 36.7. The van der Waals surface area contributed by atoms with Gasteiger partial charge in [-0.05, 0) is 126 Å². The highest BCUT2D eigenvalue weighted by Crippen LogP contribution is 2.42. The highest BCUT2D eigenvalue weighted by Gasteiger charge is 2.16. The standard InChI is InChI=1S/C53H37NS/c1-36-12-3-2-4-15-41-26-32-45(35-52(41)55-36)54(43-28-22-39(23-29-43)47-21-11-17-37-13-5-8-18-46(37)47)44-30-24-40(25-31-44)51-34-42-16-7-9-19-48(42)50-33-27-38-14-6-10-20-49(38)53(50)51/h2-35H,1H3. The molecule has 10 aromatic rings. The minimum absolute atomic E-state index is 1.11. The molecule has 0 aliphatic rings. The Morgan fingerprint density at radius 1 is 0.345 bits per heavy atom. The fourth-order valence-corrected chi connectivity index (χ4v) is 9.05. The van der Waals surface area contributed by atoms with Crippen molar-refractivity contribution in [3.63, 3.8) is 0 Å². The SMILES string of the molecule is Cc1cccccc2ccc(N(c3ccc(-c4cccc5ccccc45)cc3)c3ccc(-c4cc5ccccc5c5ccc6ccccc6c45)cc3)cc2s1. The van der Waals surface area contributed by atoms with Crippen LogP contribution in [0.3, 0.4) is 0 Å². The molecule has 0 amide bonds. The van der Waals surface area contributed by atoms with Crippen LogP contribution in [0.2, 0.25) is 0 Å². The Morgan fingerprint density at radius 3 is 1.65 bits per heavy atom. The van der Waals surface area contributed by atoms with Gasteiger partial charge in [0.1, 0.15) is 0 Å². The van der Waals surface area contributed by atoms with Crippen molar-refractivity contribution in [1.82, 2.24) is 0 Å². The fraction of sp³-hybridized carbons (Fsp3) is 0.0189. The van der Waals surface area contributed by atoms with Crippen LogP contribution in [0.1, 0.15) is 4.88 Å². The molecule has 2 heteroatoms. The second kappa shape index (κ2) is 13.9. The van der Waals surface area contributed by atoms with Crippen LogP contribution in [-0.2, 0) is 0 Å². The average molecular weight is 720 g/mol. The first kappa shape index (κ1) is 32.9. The second-order valence-corrected chi connectivity index (χ2v) is 15.4. The molecule has 0 radical (unpaired) electrons. The smallest absolute Gasteiger partial charge is 0.0476 e. The molecular weight excluding hydrogens is 683 g/mol. The lowest BCUT2D eigenvalue weighted by Crippen LogP contribution is -2.09. The Balaban J connectivity index is 1.14. The van der Waals surface area contributed by atoms with E-state index in [0.29, 0.717) is 0 Å². The number of nitrogens with zero attached hydrogens (tertiary/aromatic N) is 1. The van der Waals surface area contributed by atoms with Crippen molar-refractivity contribution >= 4 is 81.6 Å². The Morgan fingerprint density at radius 2 is 0.891 bits per heavy atom. The second-order valence-electron chi connectivity index (χ2n) is 14.2. The molecule has 1 nitrogen and oxygen atoms in total. The quantitative estimate of drug-likeness (QED) is 0.160. The molecule has 0 aliphatic heterocycles. The predicted octanol–water partition coefficient (Wildman–Crippen LogP) is 15.8. The van der Waals surface area contributed by atoms with E-state index < -0.39 is 0 Å². The van der Waals surface area contributed by atoms with Crippen molar-refractivity contribution in [2.24, 2.45) is 0 Å². The average Bonchev–Trinajstić information content (AvgIpc) is 3.33. The first-order valence-electron chi connectivity index (χ1n) is 18.8. The lowest BCUT2D eigenvalue weighted by atomic mass is 9.90. The van der Waals surface area contributed by atoms with E-state index in [0.717, 1.165) is 17.1 Å². The minimum Gasteiger partial charge on any atom is -0.310 e. The number of aryl methyl sites for hydroxylation is 1. The summed E-state index contributed by atoms with van der Waals surface area (Å²) >= 11 is 1.82. The molecule has 1 heterocycles. The third kappa shape index (κ3) is 6.07. The van der Waals surface area contributed by atoms with Crippen molar-refractivity contribution in [2.45, 2.75) is 6.92 Å². The summed E-state index contributed by atoms with van der Waals surface area (Å²) in [7, 11) is 0. The predicted molar refractivity (Wildman–Crippen MR) is 240 cm³/mol. The summed E-state index contributed by atoms with van der Waals surface area (Å²) in [6.07, 6.45) is 0. The van der Waals surface area contributed by atoms with Crippen LogP contribution in [0, 0.1) is 6.92 Å². The molecule has 260 valence electrons. The number of benzene rings is 9. The van der Waals surface area contributed by atoms with Crippen LogP contribution < -0.4 is 4.90 Å². The van der Waals surface area contributed by atoms with Crippen LogP contribution >= 0.6 is 11.3 Å². The molecule has 1 aromatic heterocycles. The Kier molecular flexibility index (Phi) is 8.32.